The average molecular weight is 405 g/mol. The summed E-state index contributed by atoms with van der Waals surface area (Å²) in [6, 6.07) is 13.6. The molecule has 0 amide bonds. The molecule has 3 aromatic rings. The molecule has 0 radical (unpaired) electrons. The number of rotatable bonds is 4. The SMILES string of the molecule is COc1ccc(S(=O)(=O)N2CCc3noc(-c4ccc(Cl)cc4)c3C2)cc1. The quantitative estimate of drug-likeness (QED) is 0.662. The van der Waals surface area contributed by atoms with Gasteiger partial charge in [0.2, 0.25) is 10.0 Å². The normalized spacial score (nSPS) is 14.7. The summed E-state index contributed by atoms with van der Waals surface area (Å²) in [6.45, 7) is 0.569. The molecule has 0 aliphatic carbocycles. The first kappa shape index (κ1) is 18.0. The van der Waals surface area contributed by atoms with Gasteiger partial charge in [-0.2, -0.15) is 4.31 Å². The van der Waals surface area contributed by atoms with E-state index in [2.05, 4.69) is 5.16 Å². The second-order valence-corrected chi connectivity index (χ2v) is 8.58. The van der Waals surface area contributed by atoms with Crippen LogP contribution in [0.25, 0.3) is 11.3 Å². The smallest absolute Gasteiger partial charge is 0.243 e. The summed E-state index contributed by atoms with van der Waals surface area (Å²) in [4.78, 5) is 0.233. The molecule has 0 saturated heterocycles. The number of benzene rings is 2. The van der Waals surface area contributed by atoms with Crippen molar-refractivity contribution in [1.29, 1.82) is 0 Å². The number of aromatic nitrogens is 1. The third-order valence-corrected chi connectivity index (χ3v) is 6.72. The van der Waals surface area contributed by atoms with Crippen molar-refractivity contribution in [1.82, 2.24) is 9.46 Å². The molecule has 1 aliphatic heterocycles. The molecule has 0 bridgehead atoms. The van der Waals surface area contributed by atoms with Crippen molar-refractivity contribution in [3.05, 3.63) is 64.8 Å². The van der Waals surface area contributed by atoms with E-state index in [0.717, 1.165) is 16.8 Å². The number of fused-ring (bicyclic) bond motifs is 1. The molecule has 0 spiro atoms. The van der Waals surface area contributed by atoms with Crippen molar-refractivity contribution in [2.45, 2.75) is 17.9 Å². The third kappa shape index (κ3) is 3.34. The van der Waals surface area contributed by atoms with E-state index >= 15 is 0 Å². The lowest BCUT2D eigenvalue weighted by Gasteiger charge is -2.25. The minimum atomic E-state index is -3.63. The summed E-state index contributed by atoms with van der Waals surface area (Å²) in [5.74, 6) is 1.19. The molecule has 0 fully saturated rings. The van der Waals surface area contributed by atoms with Crippen LogP contribution in [0.3, 0.4) is 0 Å². The first-order chi connectivity index (χ1) is 13.0. The fraction of sp³-hybridized carbons (Fsp3) is 0.211. The first-order valence-corrected chi connectivity index (χ1v) is 10.2. The van der Waals surface area contributed by atoms with E-state index in [-0.39, 0.29) is 11.4 Å². The Morgan fingerprint density at radius 1 is 1.11 bits per heavy atom. The van der Waals surface area contributed by atoms with Crippen LogP contribution >= 0.6 is 11.6 Å². The van der Waals surface area contributed by atoms with Crippen molar-refractivity contribution < 1.29 is 17.7 Å². The van der Waals surface area contributed by atoms with Crippen LogP contribution in [0.1, 0.15) is 11.3 Å². The highest BCUT2D eigenvalue weighted by atomic mass is 35.5. The second-order valence-electron chi connectivity index (χ2n) is 6.21. The van der Waals surface area contributed by atoms with Crippen molar-refractivity contribution in [2.24, 2.45) is 0 Å². The fourth-order valence-corrected chi connectivity index (χ4v) is 4.65. The maximum atomic E-state index is 13.0. The van der Waals surface area contributed by atoms with E-state index < -0.39 is 10.0 Å². The summed E-state index contributed by atoms with van der Waals surface area (Å²) >= 11 is 5.95. The number of methoxy groups -OCH3 is 1. The molecule has 8 heteroatoms. The van der Waals surface area contributed by atoms with Crippen LogP contribution < -0.4 is 4.74 Å². The van der Waals surface area contributed by atoms with Crippen molar-refractivity contribution in [3.8, 4) is 17.1 Å². The van der Waals surface area contributed by atoms with E-state index in [1.54, 1.807) is 43.5 Å². The zero-order chi connectivity index (χ0) is 19.0. The van der Waals surface area contributed by atoms with Gasteiger partial charge in [-0.3, -0.25) is 0 Å². The number of hydrogen-bond donors (Lipinski definition) is 0. The fourth-order valence-electron chi connectivity index (χ4n) is 3.12. The predicted octanol–water partition coefficient (Wildman–Crippen LogP) is 3.75. The van der Waals surface area contributed by atoms with Crippen molar-refractivity contribution >= 4 is 21.6 Å². The van der Waals surface area contributed by atoms with Gasteiger partial charge in [-0.05, 0) is 48.5 Å². The van der Waals surface area contributed by atoms with Crippen LogP contribution in [-0.2, 0) is 23.0 Å². The summed E-state index contributed by atoms with van der Waals surface area (Å²) < 4.78 is 38.1. The first-order valence-electron chi connectivity index (χ1n) is 8.36. The van der Waals surface area contributed by atoms with E-state index in [0.29, 0.717) is 29.5 Å². The minimum Gasteiger partial charge on any atom is -0.497 e. The molecular formula is C19H17ClN2O4S. The number of sulfonamides is 1. The topological polar surface area (TPSA) is 72.6 Å². The minimum absolute atomic E-state index is 0.213. The monoisotopic (exact) mass is 404 g/mol. The molecule has 4 rings (SSSR count). The van der Waals surface area contributed by atoms with Crippen LogP contribution in [-0.4, -0.2) is 31.5 Å². The van der Waals surface area contributed by atoms with Gasteiger partial charge in [0.25, 0.3) is 0 Å². The molecule has 0 unspecified atom stereocenters. The van der Waals surface area contributed by atoms with Gasteiger partial charge in [-0.25, -0.2) is 8.42 Å². The Balaban J connectivity index is 1.66. The average Bonchev–Trinajstić information content (AvgIpc) is 3.12. The standard InChI is InChI=1S/C19H17ClN2O4S/c1-25-15-6-8-16(9-7-15)27(23,24)22-11-10-18-17(12-22)19(26-21-18)13-2-4-14(20)5-3-13/h2-9H,10-12H2,1H3. The third-order valence-electron chi connectivity index (χ3n) is 4.61. The van der Waals surface area contributed by atoms with Crippen molar-refractivity contribution in [3.63, 3.8) is 0 Å². The summed E-state index contributed by atoms with van der Waals surface area (Å²) in [5, 5.41) is 4.74. The molecular weight excluding hydrogens is 388 g/mol. The van der Waals surface area contributed by atoms with Crippen LogP contribution in [0.4, 0.5) is 0 Å². The van der Waals surface area contributed by atoms with Gasteiger partial charge in [-0.15, -0.1) is 0 Å². The molecule has 0 atom stereocenters. The lowest BCUT2D eigenvalue weighted by molar-refractivity contribution is 0.386. The van der Waals surface area contributed by atoms with Gasteiger partial charge >= 0.3 is 0 Å². The van der Waals surface area contributed by atoms with E-state index in [1.165, 1.54) is 4.31 Å². The van der Waals surface area contributed by atoms with E-state index in [4.69, 9.17) is 20.9 Å². The Labute approximate surface area is 162 Å². The molecule has 2 heterocycles. The second kappa shape index (κ2) is 6.99. The van der Waals surface area contributed by atoms with Crippen LogP contribution in [0, 0.1) is 0 Å². The highest BCUT2D eigenvalue weighted by molar-refractivity contribution is 7.89. The Morgan fingerprint density at radius 2 is 1.81 bits per heavy atom. The zero-order valence-corrected chi connectivity index (χ0v) is 16.1. The van der Waals surface area contributed by atoms with Gasteiger partial charge in [0.05, 0.1) is 17.7 Å². The Kier molecular flexibility index (Phi) is 4.67. The lowest BCUT2D eigenvalue weighted by Crippen LogP contribution is -2.35. The van der Waals surface area contributed by atoms with Crippen LogP contribution in [0.15, 0.2) is 57.9 Å². The van der Waals surface area contributed by atoms with E-state index in [9.17, 15) is 8.42 Å². The maximum absolute atomic E-state index is 13.0. The summed E-state index contributed by atoms with van der Waals surface area (Å²) in [5.41, 5.74) is 2.40. The molecule has 1 aliphatic rings. The van der Waals surface area contributed by atoms with Crippen molar-refractivity contribution in [2.75, 3.05) is 13.7 Å². The number of ether oxygens (including phenoxy) is 1. The van der Waals surface area contributed by atoms with E-state index in [1.807, 2.05) is 12.1 Å². The van der Waals surface area contributed by atoms with Gasteiger partial charge in [-0.1, -0.05) is 16.8 Å². The number of halogens is 1. The Bertz CT molecular complexity index is 1060. The largest absolute Gasteiger partial charge is 0.497 e. The summed E-state index contributed by atoms with van der Waals surface area (Å²) in [6.07, 6.45) is 0.502. The molecule has 2 aromatic carbocycles. The Morgan fingerprint density at radius 3 is 2.48 bits per heavy atom. The molecule has 27 heavy (non-hydrogen) atoms. The molecule has 6 nitrogen and oxygen atoms in total. The number of nitrogens with zero attached hydrogens (tertiary/aromatic N) is 2. The van der Waals surface area contributed by atoms with Crippen LogP contribution in [0.5, 0.6) is 5.75 Å². The number of hydrogen-bond acceptors (Lipinski definition) is 5. The molecule has 1 aromatic heterocycles. The molecule has 0 saturated carbocycles. The zero-order valence-electron chi connectivity index (χ0n) is 14.6. The molecule has 0 N–H and O–H groups in total. The molecule has 140 valence electrons. The van der Waals surface area contributed by atoms with Gasteiger partial charge in [0, 0.05) is 35.7 Å². The van der Waals surface area contributed by atoms with Gasteiger partial charge < -0.3 is 9.26 Å². The van der Waals surface area contributed by atoms with Gasteiger partial charge in [0.15, 0.2) is 5.76 Å². The highest BCUT2D eigenvalue weighted by Crippen LogP contribution is 2.33. The Hall–Kier alpha value is -2.35. The maximum Gasteiger partial charge on any atom is 0.243 e. The predicted molar refractivity (Wildman–Crippen MR) is 101 cm³/mol. The lowest BCUT2D eigenvalue weighted by atomic mass is 10.0. The van der Waals surface area contributed by atoms with Crippen LogP contribution in [0.2, 0.25) is 5.02 Å². The highest BCUT2D eigenvalue weighted by Gasteiger charge is 2.32. The summed E-state index contributed by atoms with van der Waals surface area (Å²) in [7, 11) is -2.08. The van der Waals surface area contributed by atoms with Gasteiger partial charge in [0.1, 0.15) is 5.75 Å².